The molecule has 2 unspecified atom stereocenters. The average molecular weight is 260 g/mol. The number of hydrogen-bond acceptors (Lipinski definition) is 2. The van der Waals surface area contributed by atoms with E-state index in [0.29, 0.717) is 11.3 Å². The van der Waals surface area contributed by atoms with Gasteiger partial charge in [0.25, 0.3) is 0 Å². The van der Waals surface area contributed by atoms with Gasteiger partial charge in [0, 0.05) is 10.9 Å². The first-order valence-electron chi connectivity index (χ1n) is 5.79. The topological polar surface area (TPSA) is 26.0 Å². The fourth-order valence-corrected chi connectivity index (χ4v) is 2.79. The first-order chi connectivity index (χ1) is 7.29. The summed E-state index contributed by atoms with van der Waals surface area (Å²) in [6.45, 7) is 9.09. The Morgan fingerprint density at radius 3 is 2.44 bits per heavy atom. The van der Waals surface area contributed by atoms with Crippen LogP contribution in [0.2, 0.25) is 4.34 Å². The molecule has 1 aromatic rings. The van der Waals surface area contributed by atoms with Gasteiger partial charge in [0.2, 0.25) is 0 Å². The summed E-state index contributed by atoms with van der Waals surface area (Å²) < 4.78 is 0.853. The molecule has 0 radical (unpaired) electrons. The molecule has 0 aliphatic heterocycles. The summed E-state index contributed by atoms with van der Waals surface area (Å²) in [5.74, 6) is 0.637. The van der Waals surface area contributed by atoms with Crippen molar-refractivity contribution < 1.29 is 0 Å². The smallest absolute Gasteiger partial charge is 0.0931 e. The molecule has 3 heteroatoms. The van der Waals surface area contributed by atoms with Crippen molar-refractivity contribution in [3.05, 3.63) is 21.3 Å². The molecular formula is C13H22ClNS. The van der Waals surface area contributed by atoms with Crippen molar-refractivity contribution in [1.82, 2.24) is 0 Å². The number of rotatable bonds is 4. The summed E-state index contributed by atoms with van der Waals surface area (Å²) in [5, 5.41) is 0. The third kappa shape index (κ3) is 4.44. The van der Waals surface area contributed by atoms with Crippen LogP contribution in [0.25, 0.3) is 0 Å². The molecule has 1 rings (SSSR count). The number of thiophene rings is 1. The molecule has 92 valence electrons. The zero-order valence-corrected chi connectivity index (χ0v) is 12.2. The first kappa shape index (κ1) is 14.0. The highest BCUT2D eigenvalue weighted by Gasteiger charge is 2.22. The Bertz CT molecular complexity index is 327. The van der Waals surface area contributed by atoms with Crippen molar-refractivity contribution in [3.63, 3.8) is 0 Å². The molecule has 0 aliphatic rings. The van der Waals surface area contributed by atoms with Crippen LogP contribution < -0.4 is 5.73 Å². The molecule has 1 heterocycles. The molecule has 1 aromatic heterocycles. The van der Waals surface area contributed by atoms with Crippen molar-refractivity contribution in [3.8, 4) is 0 Å². The van der Waals surface area contributed by atoms with Gasteiger partial charge >= 0.3 is 0 Å². The highest BCUT2D eigenvalue weighted by molar-refractivity contribution is 7.16. The maximum absolute atomic E-state index is 6.18. The maximum atomic E-state index is 6.18. The second-order valence-electron chi connectivity index (χ2n) is 5.67. The van der Waals surface area contributed by atoms with E-state index in [1.54, 1.807) is 11.3 Å². The largest absolute Gasteiger partial charge is 0.327 e. The number of halogens is 1. The second-order valence-corrected chi connectivity index (χ2v) is 7.47. The van der Waals surface area contributed by atoms with Gasteiger partial charge in [-0.05, 0) is 36.3 Å². The lowest BCUT2D eigenvalue weighted by Crippen LogP contribution is -2.29. The number of nitrogens with two attached hydrogens (primary N) is 1. The third-order valence-electron chi connectivity index (χ3n) is 3.23. The maximum Gasteiger partial charge on any atom is 0.0931 e. The molecule has 2 N–H and O–H groups in total. The zero-order valence-electron chi connectivity index (χ0n) is 10.6. The van der Waals surface area contributed by atoms with Crippen molar-refractivity contribution in [2.45, 2.75) is 46.6 Å². The minimum atomic E-state index is 0.240. The monoisotopic (exact) mass is 259 g/mol. The van der Waals surface area contributed by atoms with Gasteiger partial charge in [-0.25, -0.2) is 0 Å². The molecule has 0 bridgehead atoms. The van der Waals surface area contributed by atoms with Gasteiger partial charge in [0.15, 0.2) is 0 Å². The van der Waals surface area contributed by atoms with E-state index in [2.05, 4.69) is 33.8 Å². The van der Waals surface area contributed by atoms with E-state index in [0.717, 1.165) is 17.2 Å². The van der Waals surface area contributed by atoms with E-state index in [9.17, 15) is 0 Å². The molecule has 0 amide bonds. The SMILES string of the molecule is CC(CC(N)Cc1ccc(Cl)s1)C(C)(C)C. The first-order valence-corrected chi connectivity index (χ1v) is 6.98. The van der Waals surface area contributed by atoms with E-state index in [4.69, 9.17) is 17.3 Å². The molecule has 0 fully saturated rings. The second kappa shape index (κ2) is 5.52. The molecule has 0 saturated carbocycles. The molecule has 16 heavy (non-hydrogen) atoms. The van der Waals surface area contributed by atoms with Crippen LogP contribution in [-0.4, -0.2) is 6.04 Å². The van der Waals surface area contributed by atoms with Crippen LogP contribution in [0.5, 0.6) is 0 Å². The molecule has 2 atom stereocenters. The lowest BCUT2D eigenvalue weighted by molar-refractivity contribution is 0.233. The summed E-state index contributed by atoms with van der Waals surface area (Å²) in [6.07, 6.45) is 2.01. The van der Waals surface area contributed by atoms with Crippen molar-refractivity contribution in [1.29, 1.82) is 0 Å². The average Bonchev–Trinajstić information content (AvgIpc) is 2.49. The summed E-state index contributed by atoms with van der Waals surface area (Å²) >= 11 is 7.54. The predicted molar refractivity (Wildman–Crippen MR) is 74.2 cm³/mol. The lowest BCUT2D eigenvalue weighted by Gasteiger charge is -2.29. The summed E-state index contributed by atoms with van der Waals surface area (Å²) in [7, 11) is 0. The van der Waals surface area contributed by atoms with Gasteiger partial charge < -0.3 is 5.73 Å². The normalized spacial score (nSPS) is 16.1. The number of hydrogen-bond donors (Lipinski definition) is 1. The van der Waals surface area contributed by atoms with Gasteiger partial charge in [-0.15, -0.1) is 11.3 Å². The van der Waals surface area contributed by atoms with Gasteiger partial charge in [-0.1, -0.05) is 39.3 Å². The molecule has 0 spiro atoms. The van der Waals surface area contributed by atoms with E-state index in [-0.39, 0.29) is 6.04 Å². The van der Waals surface area contributed by atoms with Gasteiger partial charge in [0.1, 0.15) is 0 Å². The molecule has 1 nitrogen and oxygen atoms in total. The van der Waals surface area contributed by atoms with Crippen molar-refractivity contribution in [2.24, 2.45) is 17.1 Å². The summed E-state index contributed by atoms with van der Waals surface area (Å²) in [4.78, 5) is 1.29. The Morgan fingerprint density at radius 1 is 1.38 bits per heavy atom. The summed E-state index contributed by atoms with van der Waals surface area (Å²) in [6, 6.07) is 4.26. The fraction of sp³-hybridized carbons (Fsp3) is 0.692. The van der Waals surface area contributed by atoms with Crippen LogP contribution in [0.15, 0.2) is 12.1 Å². The van der Waals surface area contributed by atoms with Crippen LogP contribution in [0, 0.1) is 11.3 Å². The molecule has 0 saturated heterocycles. The van der Waals surface area contributed by atoms with Crippen LogP contribution in [0.1, 0.15) is 39.0 Å². The highest BCUT2D eigenvalue weighted by atomic mass is 35.5. The Morgan fingerprint density at radius 2 is 2.00 bits per heavy atom. The Balaban J connectivity index is 2.45. The predicted octanol–water partition coefficient (Wildman–Crippen LogP) is 4.34. The van der Waals surface area contributed by atoms with Crippen molar-refractivity contribution >= 4 is 22.9 Å². The summed E-state index contributed by atoms with van der Waals surface area (Å²) in [5.41, 5.74) is 6.51. The van der Waals surface area contributed by atoms with Crippen LogP contribution in [0.4, 0.5) is 0 Å². The van der Waals surface area contributed by atoms with Gasteiger partial charge in [-0.2, -0.15) is 0 Å². The molecular weight excluding hydrogens is 238 g/mol. The molecule has 0 aromatic carbocycles. The van der Waals surface area contributed by atoms with Gasteiger partial charge in [0.05, 0.1) is 4.34 Å². The van der Waals surface area contributed by atoms with E-state index < -0.39 is 0 Å². The van der Waals surface area contributed by atoms with E-state index >= 15 is 0 Å². The minimum absolute atomic E-state index is 0.240. The van der Waals surface area contributed by atoms with Crippen LogP contribution >= 0.6 is 22.9 Å². The Labute approximate surface area is 108 Å². The molecule has 0 aliphatic carbocycles. The minimum Gasteiger partial charge on any atom is -0.327 e. The van der Waals surface area contributed by atoms with Crippen molar-refractivity contribution in [2.75, 3.05) is 0 Å². The van der Waals surface area contributed by atoms with Crippen LogP contribution in [-0.2, 0) is 6.42 Å². The fourth-order valence-electron chi connectivity index (χ4n) is 1.61. The van der Waals surface area contributed by atoms with E-state index in [1.165, 1.54) is 4.88 Å². The Kier molecular flexibility index (Phi) is 4.84. The zero-order chi connectivity index (χ0) is 12.3. The third-order valence-corrected chi connectivity index (χ3v) is 4.48. The van der Waals surface area contributed by atoms with Gasteiger partial charge in [-0.3, -0.25) is 0 Å². The quantitative estimate of drug-likeness (QED) is 0.855. The highest BCUT2D eigenvalue weighted by Crippen LogP contribution is 2.30. The standard InChI is InChI=1S/C13H22ClNS/c1-9(13(2,3)4)7-10(15)8-11-5-6-12(14)16-11/h5-6,9-10H,7-8,15H2,1-4H3. The van der Waals surface area contributed by atoms with E-state index in [1.807, 2.05) is 6.07 Å². The lowest BCUT2D eigenvalue weighted by atomic mass is 9.78. The Hall–Kier alpha value is -0.0500. The van der Waals surface area contributed by atoms with Crippen LogP contribution in [0.3, 0.4) is 0 Å².